The predicted octanol–water partition coefficient (Wildman–Crippen LogP) is 0.735. The quantitative estimate of drug-likeness (QED) is 0.598. The third kappa shape index (κ3) is 4.69. The molecular weight excluding hydrogens is 256 g/mol. The minimum absolute atomic E-state index is 0.284. The monoisotopic (exact) mass is 272 g/mol. The van der Waals surface area contributed by atoms with Crippen LogP contribution in [0.1, 0.15) is 20.7 Å². The first-order chi connectivity index (χ1) is 9.40. The second-order valence-corrected chi connectivity index (χ2v) is 3.98. The summed E-state index contributed by atoms with van der Waals surface area (Å²) in [6.45, 7) is 0. The van der Waals surface area contributed by atoms with Crippen molar-refractivity contribution >= 4 is 23.2 Å². The molecule has 0 radical (unpaired) electrons. The zero-order valence-corrected chi connectivity index (χ0v) is 10.7. The number of nitrogen functional groups attached to an aromatic ring is 2. The molecule has 0 aliphatic rings. The Kier molecular flexibility index (Phi) is 5.11. The average Bonchev–Trinajstić information content (AvgIpc) is 2.39. The third-order valence-electron chi connectivity index (χ3n) is 2.34. The molecule has 2 aromatic carbocycles. The fourth-order valence-electron chi connectivity index (χ4n) is 1.38. The first kappa shape index (κ1) is 15.0. The summed E-state index contributed by atoms with van der Waals surface area (Å²) < 4.78 is 0. The molecule has 0 atom stereocenters. The number of hydrogen-bond acceptors (Lipinski definition) is 4. The van der Waals surface area contributed by atoms with Crippen molar-refractivity contribution in [2.45, 2.75) is 0 Å². The highest BCUT2D eigenvalue weighted by Crippen LogP contribution is 2.06. The van der Waals surface area contributed by atoms with Crippen LogP contribution < -0.4 is 22.9 Å². The molecule has 6 heteroatoms. The highest BCUT2D eigenvalue weighted by Gasteiger charge is 2.03. The molecule has 0 aliphatic heterocycles. The van der Waals surface area contributed by atoms with Crippen LogP contribution in [0.4, 0.5) is 11.4 Å². The van der Waals surface area contributed by atoms with E-state index < -0.39 is 11.8 Å². The van der Waals surface area contributed by atoms with Gasteiger partial charge < -0.3 is 22.9 Å². The summed E-state index contributed by atoms with van der Waals surface area (Å²) in [6.07, 6.45) is 0. The van der Waals surface area contributed by atoms with E-state index in [4.69, 9.17) is 22.9 Å². The summed E-state index contributed by atoms with van der Waals surface area (Å²) in [5.74, 6) is -1.14. The van der Waals surface area contributed by atoms with Gasteiger partial charge in [-0.1, -0.05) is 12.1 Å². The Morgan fingerprint density at radius 1 is 0.700 bits per heavy atom. The molecule has 0 spiro atoms. The van der Waals surface area contributed by atoms with E-state index in [1.54, 1.807) is 24.3 Å². The number of hydrogen-bond donors (Lipinski definition) is 4. The summed E-state index contributed by atoms with van der Waals surface area (Å²) in [4.78, 5) is 21.3. The predicted molar refractivity (Wildman–Crippen MR) is 78.7 cm³/mol. The minimum Gasteiger partial charge on any atom is -0.399 e. The van der Waals surface area contributed by atoms with Gasteiger partial charge >= 0.3 is 0 Å². The molecule has 2 aromatic rings. The van der Waals surface area contributed by atoms with E-state index in [2.05, 4.69) is 0 Å². The Hall–Kier alpha value is -3.02. The Morgan fingerprint density at radius 3 is 1.40 bits per heavy atom. The maximum atomic E-state index is 10.6. The number of anilines is 2. The van der Waals surface area contributed by atoms with Crippen molar-refractivity contribution in [1.82, 2.24) is 0 Å². The van der Waals surface area contributed by atoms with Gasteiger partial charge in [0.1, 0.15) is 0 Å². The second kappa shape index (κ2) is 6.79. The second-order valence-electron chi connectivity index (χ2n) is 3.98. The largest absolute Gasteiger partial charge is 0.399 e. The Labute approximate surface area is 116 Å². The molecule has 2 amide bonds. The number of primary amides is 2. The molecule has 8 N–H and O–H groups in total. The van der Waals surface area contributed by atoms with Crippen LogP contribution in [0.3, 0.4) is 0 Å². The van der Waals surface area contributed by atoms with Crippen LogP contribution in [0.5, 0.6) is 0 Å². The fraction of sp³-hybridized carbons (Fsp3) is 0. The lowest BCUT2D eigenvalue weighted by atomic mass is 10.1. The van der Waals surface area contributed by atoms with Crippen LogP contribution in [0.15, 0.2) is 48.5 Å². The van der Waals surface area contributed by atoms with Gasteiger partial charge in [-0.25, -0.2) is 0 Å². The first-order valence-corrected chi connectivity index (χ1v) is 5.71. The maximum Gasteiger partial charge on any atom is 0.248 e. The molecule has 0 aromatic heterocycles. The van der Waals surface area contributed by atoms with Gasteiger partial charge in [0.25, 0.3) is 0 Å². The van der Waals surface area contributed by atoms with E-state index in [0.29, 0.717) is 11.4 Å². The smallest absolute Gasteiger partial charge is 0.248 e. The molecule has 104 valence electrons. The number of rotatable bonds is 2. The van der Waals surface area contributed by atoms with Crippen LogP contribution >= 0.6 is 0 Å². The van der Waals surface area contributed by atoms with Crippen molar-refractivity contribution in [2.24, 2.45) is 11.5 Å². The topological polar surface area (TPSA) is 138 Å². The van der Waals surface area contributed by atoms with Crippen molar-refractivity contribution in [3.63, 3.8) is 0 Å². The van der Waals surface area contributed by atoms with E-state index in [1.807, 2.05) is 6.07 Å². The molecule has 0 saturated heterocycles. The Morgan fingerprint density at radius 2 is 1.10 bits per heavy atom. The number of benzene rings is 2. The van der Waals surface area contributed by atoms with Crippen LogP contribution in [-0.2, 0) is 0 Å². The SMILES string of the molecule is NC(=O)c1cccc(C(N)=O)c1.Nc1cccc(N)c1. The van der Waals surface area contributed by atoms with Crippen molar-refractivity contribution in [3.8, 4) is 0 Å². The van der Waals surface area contributed by atoms with Gasteiger partial charge in [-0.15, -0.1) is 0 Å². The zero-order chi connectivity index (χ0) is 15.1. The summed E-state index contributed by atoms with van der Waals surface area (Å²) in [5, 5.41) is 0. The van der Waals surface area contributed by atoms with E-state index in [9.17, 15) is 9.59 Å². The molecule has 0 heterocycles. The highest BCUT2D eigenvalue weighted by atomic mass is 16.1. The summed E-state index contributed by atoms with van der Waals surface area (Å²) in [5.41, 5.74) is 22.7. The molecule has 2 rings (SSSR count). The number of carbonyl (C=O) groups is 2. The maximum absolute atomic E-state index is 10.6. The van der Waals surface area contributed by atoms with Gasteiger partial charge in [-0.2, -0.15) is 0 Å². The lowest BCUT2D eigenvalue weighted by molar-refractivity contribution is 0.0999. The van der Waals surface area contributed by atoms with Gasteiger partial charge in [-0.3, -0.25) is 9.59 Å². The van der Waals surface area contributed by atoms with Gasteiger partial charge in [0.15, 0.2) is 0 Å². The Bertz CT molecular complexity index is 580. The minimum atomic E-state index is -0.571. The summed E-state index contributed by atoms with van der Waals surface area (Å²) >= 11 is 0. The molecule has 0 bridgehead atoms. The molecule has 0 fully saturated rings. The zero-order valence-electron chi connectivity index (χ0n) is 10.7. The number of carbonyl (C=O) groups excluding carboxylic acids is 2. The van der Waals surface area contributed by atoms with Crippen molar-refractivity contribution in [1.29, 1.82) is 0 Å². The van der Waals surface area contributed by atoms with Crippen LogP contribution in [0.2, 0.25) is 0 Å². The standard InChI is InChI=1S/C8H8N2O2.C6H8N2/c9-7(11)5-2-1-3-6(4-5)8(10)12;7-5-2-1-3-6(8)4-5/h1-4H,(H2,9,11)(H2,10,12);1-4H,7-8H2. The average molecular weight is 272 g/mol. The molecular formula is C14H16N4O2. The number of nitrogens with two attached hydrogens (primary N) is 4. The van der Waals surface area contributed by atoms with Gasteiger partial charge in [0.2, 0.25) is 11.8 Å². The van der Waals surface area contributed by atoms with E-state index in [1.165, 1.54) is 18.2 Å². The molecule has 0 unspecified atom stereocenters. The van der Waals surface area contributed by atoms with Crippen molar-refractivity contribution < 1.29 is 9.59 Å². The van der Waals surface area contributed by atoms with Crippen LogP contribution in [-0.4, -0.2) is 11.8 Å². The lowest BCUT2D eigenvalue weighted by Crippen LogP contribution is -2.14. The normalized spacial score (nSPS) is 9.20. The molecule has 20 heavy (non-hydrogen) atoms. The molecule has 6 nitrogen and oxygen atoms in total. The van der Waals surface area contributed by atoms with Crippen LogP contribution in [0.25, 0.3) is 0 Å². The van der Waals surface area contributed by atoms with E-state index in [0.717, 1.165) is 0 Å². The van der Waals surface area contributed by atoms with Crippen molar-refractivity contribution in [3.05, 3.63) is 59.7 Å². The van der Waals surface area contributed by atoms with Crippen LogP contribution in [0, 0.1) is 0 Å². The van der Waals surface area contributed by atoms with E-state index >= 15 is 0 Å². The molecule has 0 aliphatic carbocycles. The summed E-state index contributed by atoms with van der Waals surface area (Å²) in [6, 6.07) is 13.1. The van der Waals surface area contributed by atoms with Gasteiger partial charge in [-0.05, 0) is 36.4 Å². The van der Waals surface area contributed by atoms with Gasteiger partial charge in [0.05, 0.1) is 0 Å². The Balaban J connectivity index is 0.000000217. The third-order valence-corrected chi connectivity index (χ3v) is 2.34. The number of amides is 2. The molecule has 0 saturated carbocycles. The highest BCUT2D eigenvalue weighted by molar-refractivity contribution is 5.98. The van der Waals surface area contributed by atoms with Crippen molar-refractivity contribution in [2.75, 3.05) is 11.5 Å². The van der Waals surface area contributed by atoms with E-state index in [-0.39, 0.29) is 11.1 Å². The summed E-state index contributed by atoms with van der Waals surface area (Å²) in [7, 11) is 0. The van der Waals surface area contributed by atoms with Gasteiger partial charge in [0, 0.05) is 22.5 Å². The first-order valence-electron chi connectivity index (χ1n) is 5.71. The fourth-order valence-corrected chi connectivity index (χ4v) is 1.38. The lowest BCUT2D eigenvalue weighted by Gasteiger charge is -1.97.